The number of nitrogens with zero attached hydrogens (tertiary/aromatic N) is 1. The van der Waals surface area contributed by atoms with E-state index in [1.807, 2.05) is 0 Å². The van der Waals surface area contributed by atoms with Crippen LogP contribution in [0.25, 0.3) is 0 Å². The Bertz CT molecular complexity index is 556. The van der Waals surface area contributed by atoms with E-state index in [9.17, 15) is 13.2 Å². The molecule has 3 unspecified atom stereocenters. The van der Waals surface area contributed by atoms with Gasteiger partial charge in [0.25, 0.3) is 0 Å². The average Bonchev–Trinajstić information content (AvgIpc) is 2.89. The van der Waals surface area contributed by atoms with Crippen molar-refractivity contribution in [2.45, 2.75) is 37.6 Å². The number of rotatable bonds is 2. The molecule has 2 aliphatic rings. The normalized spacial score (nSPS) is 28.8. The predicted molar refractivity (Wildman–Crippen MR) is 73.0 cm³/mol. The monoisotopic (exact) mass is 298 g/mol. The third-order valence-corrected chi connectivity index (χ3v) is 4.21. The van der Waals surface area contributed by atoms with Gasteiger partial charge in [-0.15, -0.1) is 0 Å². The Hall–Kier alpha value is -1.56. The van der Waals surface area contributed by atoms with Crippen LogP contribution in [0.15, 0.2) is 29.3 Å². The molecule has 2 N–H and O–H groups in total. The fourth-order valence-corrected chi connectivity index (χ4v) is 3.07. The zero-order valence-electron chi connectivity index (χ0n) is 11.4. The lowest BCUT2D eigenvalue weighted by atomic mass is 9.84. The average molecular weight is 298 g/mol. The number of nitrogens with two attached hydrogens (primary N) is 1. The van der Waals surface area contributed by atoms with Gasteiger partial charge >= 0.3 is 6.18 Å². The molecule has 1 heterocycles. The number of alkyl halides is 3. The van der Waals surface area contributed by atoms with Crippen LogP contribution in [0.3, 0.4) is 0 Å². The minimum atomic E-state index is -4.41. The van der Waals surface area contributed by atoms with E-state index in [0.29, 0.717) is 12.5 Å². The Kier molecular flexibility index (Phi) is 3.65. The van der Waals surface area contributed by atoms with E-state index in [-0.39, 0.29) is 23.6 Å². The maximum Gasteiger partial charge on any atom is 0.417 e. The van der Waals surface area contributed by atoms with Crippen molar-refractivity contribution in [3.8, 4) is 0 Å². The largest absolute Gasteiger partial charge is 0.472 e. The molecule has 0 amide bonds. The van der Waals surface area contributed by atoms with Gasteiger partial charge < -0.3 is 10.5 Å². The fraction of sp³-hybridized carbons (Fsp3) is 0.533. The van der Waals surface area contributed by atoms with E-state index >= 15 is 0 Å². The summed E-state index contributed by atoms with van der Waals surface area (Å²) in [5.74, 6) is 0.506. The number of hydrogen-bond acceptors (Lipinski definition) is 3. The van der Waals surface area contributed by atoms with Crippen LogP contribution in [0.1, 0.15) is 30.4 Å². The summed E-state index contributed by atoms with van der Waals surface area (Å²) in [5.41, 5.74) is 5.01. The van der Waals surface area contributed by atoms with Crippen LogP contribution in [-0.4, -0.2) is 24.6 Å². The second-order valence-corrected chi connectivity index (χ2v) is 5.62. The van der Waals surface area contributed by atoms with Gasteiger partial charge in [-0.1, -0.05) is 12.1 Å². The highest BCUT2D eigenvalue weighted by Gasteiger charge is 2.40. The van der Waals surface area contributed by atoms with Crippen LogP contribution in [0.2, 0.25) is 0 Å². The Morgan fingerprint density at radius 3 is 2.71 bits per heavy atom. The molecule has 0 saturated heterocycles. The molecule has 1 saturated carbocycles. The summed E-state index contributed by atoms with van der Waals surface area (Å²) in [6.07, 6.45) is -1.98. The molecule has 1 aromatic carbocycles. The smallest absolute Gasteiger partial charge is 0.417 e. The fourth-order valence-electron chi connectivity index (χ4n) is 3.07. The summed E-state index contributed by atoms with van der Waals surface area (Å²) in [5, 5.41) is 0. The van der Waals surface area contributed by atoms with E-state index in [2.05, 4.69) is 4.99 Å². The van der Waals surface area contributed by atoms with Gasteiger partial charge in [0.05, 0.1) is 11.6 Å². The van der Waals surface area contributed by atoms with E-state index < -0.39 is 11.7 Å². The second kappa shape index (κ2) is 5.33. The minimum absolute atomic E-state index is 0.0312. The molecule has 0 aromatic heterocycles. The highest BCUT2D eigenvalue weighted by atomic mass is 19.4. The van der Waals surface area contributed by atoms with Gasteiger partial charge in [-0.05, 0) is 43.9 Å². The quantitative estimate of drug-likeness (QED) is 0.912. The highest BCUT2D eigenvalue weighted by molar-refractivity contribution is 5.97. The van der Waals surface area contributed by atoms with Crippen molar-refractivity contribution in [1.29, 1.82) is 0 Å². The molecule has 1 aliphatic carbocycles. The molecule has 1 aromatic rings. The molecular formula is C15H17F3N2O. The van der Waals surface area contributed by atoms with Crippen molar-refractivity contribution < 1.29 is 17.9 Å². The van der Waals surface area contributed by atoms with E-state index in [1.54, 1.807) is 6.07 Å². The van der Waals surface area contributed by atoms with Gasteiger partial charge in [0.1, 0.15) is 6.10 Å². The van der Waals surface area contributed by atoms with Crippen LogP contribution in [-0.2, 0) is 10.9 Å². The SMILES string of the molecule is NCC1CCC2OC(c3ccccc3C(F)(F)F)=NC2C1. The van der Waals surface area contributed by atoms with E-state index in [1.165, 1.54) is 12.1 Å². The number of fused-ring (bicyclic) bond motifs is 1. The van der Waals surface area contributed by atoms with Crippen molar-refractivity contribution >= 4 is 5.90 Å². The Morgan fingerprint density at radius 1 is 1.24 bits per heavy atom. The number of aliphatic imine (C=N–C) groups is 1. The summed E-state index contributed by atoms with van der Waals surface area (Å²) >= 11 is 0. The van der Waals surface area contributed by atoms with Crippen molar-refractivity contribution in [2.75, 3.05) is 6.54 Å². The molecule has 1 fully saturated rings. The lowest BCUT2D eigenvalue weighted by molar-refractivity contribution is -0.137. The summed E-state index contributed by atoms with van der Waals surface area (Å²) in [4.78, 5) is 4.39. The first-order valence-electron chi connectivity index (χ1n) is 7.10. The number of hydrogen-bond donors (Lipinski definition) is 1. The summed E-state index contributed by atoms with van der Waals surface area (Å²) in [6, 6.07) is 5.36. The van der Waals surface area contributed by atoms with Gasteiger partial charge in [0.2, 0.25) is 5.90 Å². The molecule has 0 spiro atoms. The van der Waals surface area contributed by atoms with Crippen molar-refractivity contribution in [3.63, 3.8) is 0 Å². The summed E-state index contributed by atoms with van der Waals surface area (Å²) in [6.45, 7) is 0.590. The molecule has 3 atom stereocenters. The lowest BCUT2D eigenvalue weighted by Crippen LogP contribution is -2.33. The van der Waals surface area contributed by atoms with Crippen LogP contribution in [0.5, 0.6) is 0 Å². The number of ether oxygens (including phenoxy) is 1. The molecule has 6 heteroatoms. The summed E-state index contributed by atoms with van der Waals surface area (Å²) in [7, 11) is 0. The molecule has 114 valence electrons. The predicted octanol–water partition coefficient (Wildman–Crippen LogP) is 2.98. The van der Waals surface area contributed by atoms with Gasteiger partial charge in [0, 0.05) is 5.56 Å². The molecule has 0 bridgehead atoms. The number of halogens is 3. The standard InChI is InChI=1S/C15H17F3N2O/c16-15(17,18)11-4-2-1-3-10(11)14-20-12-7-9(8-19)5-6-13(12)21-14/h1-4,9,12-13H,5-8,19H2. The Labute approximate surface area is 121 Å². The van der Waals surface area contributed by atoms with Gasteiger partial charge in [-0.25, -0.2) is 4.99 Å². The van der Waals surface area contributed by atoms with Crippen molar-refractivity contribution in [3.05, 3.63) is 35.4 Å². The molecule has 3 nitrogen and oxygen atoms in total. The first kappa shape index (κ1) is 14.4. The van der Waals surface area contributed by atoms with Crippen molar-refractivity contribution in [2.24, 2.45) is 16.6 Å². The highest BCUT2D eigenvalue weighted by Crippen LogP contribution is 2.37. The van der Waals surface area contributed by atoms with Crippen LogP contribution in [0.4, 0.5) is 13.2 Å². The zero-order chi connectivity index (χ0) is 15.0. The van der Waals surface area contributed by atoms with E-state index in [4.69, 9.17) is 10.5 Å². The molecule has 3 rings (SSSR count). The van der Waals surface area contributed by atoms with E-state index in [0.717, 1.165) is 25.3 Å². The summed E-state index contributed by atoms with van der Waals surface area (Å²) < 4.78 is 44.9. The van der Waals surface area contributed by atoms with Crippen molar-refractivity contribution in [1.82, 2.24) is 0 Å². The Morgan fingerprint density at radius 2 is 2.00 bits per heavy atom. The van der Waals surface area contributed by atoms with Gasteiger partial charge in [0.15, 0.2) is 0 Å². The first-order valence-corrected chi connectivity index (χ1v) is 7.10. The van der Waals surface area contributed by atoms with Crippen LogP contribution >= 0.6 is 0 Å². The van der Waals surface area contributed by atoms with Crippen LogP contribution < -0.4 is 5.73 Å². The van der Waals surface area contributed by atoms with Gasteiger partial charge in [-0.2, -0.15) is 13.2 Å². The third-order valence-electron chi connectivity index (χ3n) is 4.21. The maximum absolute atomic E-state index is 13.1. The topological polar surface area (TPSA) is 47.6 Å². The van der Waals surface area contributed by atoms with Gasteiger partial charge in [-0.3, -0.25) is 0 Å². The minimum Gasteiger partial charge on any atom is -0.472 e. The first-order chi connectivity index (χ1) is 9.99. The lowest BCUT2D eigenvalue weighted by Gasteiger charge is -2.28. The maximum atomic E-state index is 13.1. The molecule has 21 heavy (non-hydrogen) atoms. The molecule has 0 radical (unpaired) electrons. The second-order valence-electron chi connectivity index (χ2n) is 5.62. The zero-order valence-corrected chi connectivity index (χ0v) is 11.4. The Balaban J connectivity index is 1.89. The van der Waals surface area contributed by atoms with Crippen LogP contribution in [0, 0.1) is 5.92 Å². The molecule has 1 aliphatic heterocycles. The number of benzene rings is 1. The molecular weight excluding hydrogens is 281 g/mol. The third kappa shape index (κ3) is 2.77.